The van der Waals surface area contributed by atoms with Crippen molar-refractivity contribution in [3.8, 4) is 5.69 Å². The monoisotopic (exact) mass is 443 g/mol. The number of aromatic nitrogens is 1. The number of hydrogen-bond acceptors (Lipinski definition) is 2. The van der Waals surface area contributed by atoms with Crippen molar-refractivity contribution in [3.63, 3.8) is 0 Å². The molecule has 0 spiro atoms. The van der Waals surface area contributed by atoms with Crippen molar-refractivity contribution in [2.24, 2.45) is 29.1 Å². The predicted octanol–water partition coefficient (Wildman–Crippen LogP) is 6.03. The molecule has 33 heavy (non-hydrogen) atoms. The van der Waals surface area contributed by atoms with Gasteiger partial charge in [-0.2, -0.15) is 0 Å². The summed E-state index contributed by atoms with van der Waals surface area (Å²) >= 11 is 0. The summed E-state index contributed by atoms with van der Waals surface area (Å²) < 4.78 is 2.07. The van der Waals surface area contributed by atoms with Crippen molar-refractivity contribution in [1.29, 1.82) is 0 Å². The summed E-state index contributed by atoms with van der Waals surface area (Å²) in [6.07, 6.45) is 19.9. The zero-order valence-electron chi connectivity index (χ0n) is 19.7. The summed E-state index contributed by atoms with van der Waals surface area (Å²) in [7, 11) is 0. The second-order valence-corrected chi connectivity index (χ2v) is 11.0. The molecule has 3 bridgehead atoms. The van der Waals surface area contributed by atoms with Gasteiger partial charge in [0.2, 0.25) is 5.91 Å². The lowest BCUT2D eigenvalue weighted by atomic mass is 9.64. The van der Waals surface area contributed by atoms with E-state index in [4.69, 9.17) is 5.73 Å². The van der Waals surface area contributed by atoms with Crippen LogP contribution in [0.1, 0.15) is 57.6 Å². The maximum absolute atomic E-state index is 12.4. The highest BCUT2D eigenvalue weighted by molar-refractivity contribution is 5.87. The first-order chi connectivity index (χ1) is 16.0. The van der Waals surface area contributed by atoms with Gasteiger partial charge in [-0.05, 0) is 110 Å². The molecule has 3 aliphatic rings. The third-order valence-electron chi connectivity index (χ3n) is 8.39. The fourth-order valence-corrected chi connectivity index (χ4v) is 6.92. The number of allylic oxidation sites excluding steroid dienone is 3. The van der Waals surface area contributed by atoms with Gasteiger partial charge in [0.1, 0.15) is 0 Å². The van der Waals surface area contributed by atoms with E-state index in [-0.39, 0.29) is 5.91 Å². The number of hydrogen-bond donors (Lipinski definition) is 2. The quantitative estimate of drug-likeness (QED) is 0.325. The lowest BCUT2D eigenvalue weighted by Crippen LogP contribution is -2.30. The Labute approximate surface area is 197 Å². The minimum atomic E-state index is -0.0634. The maximum Gasteiger partial charge on any atom is 0.244 e. The number of nitrogens with two attached hydrogens (primary N) is 1. The van der Waals surface area contributed by atoms with Gasteiger partial charge in [0, 0.05) is 29.3 Å². The molecule has 1 aromatic heterocycles. The number of amides is 1. The highest BCUT2D eigenvalue weighted by Gasteiger charge is 2.47. The summed E-state index contributed by atoms with van der Waals surface area (Å²) in [6, 6.07) is 11.8. The molecule has 0 radical (unpaired) electrons. The minimum Gasteiger partial charge on any atom is -0.399 e. The number of carbonyl (C=O) groups excluding carboxylic acids is 1. The summed E-state index contributed by atoms with van der Waals surface area (Å²) in [6.45, 7) is 3.02. The topological polar surface area (TPSA) is 60.0 Å². The Balaban J connectivity index is 1.13. The van der Waals surface area contributed by atoms with Crippen LogP contribution in [0.3, 0.4) is 0 Å². The molecule has 3 saturated carbocycles. The zero-order chi connectivity index (χ0) is 22.8. The molecule has 0 saturated heterocycles. The van der Waals surface area contributed by atoms with Crippen molar-refractivity contribution < 1.29 is 4.79 Å². The fourth-order valence-electron chi connectivity index (χ4n) is 6.92. The molecule has 1 aromatic carbocycles. The van der Waals surface area contributed by atoms with E-state index in [2.05, 4.69) is 29.0 Å². The number of rotatable bonds is 6. The summed E-state index contributed by atoms with van der Waals surface area (Å²) in [5, 5.41) is 3.00. The molecule has 4 heteroatoms. The first-order valence-electron chi connectivity index (χ1n) is 12.6. The number of nitrogen functional groups attached to an aromatic ring is 1. The van der Waals surface area contributed by atoms with Crippen LogP contribution in [0.4, 0.5) is 5.69 Å². The molecule has 3 fully saturated rings. The van der Waals surface area contributed by atoms with Gasteiger partial charge >= 0.3 is 0 Å². The van der Waals surface area contributed by atoms with E-state index in [1.807, 2.05) is 48.7 Å². The van der Waals surface area contributed by atoms with Crippen molar-refractivity contribution in [3.05, 3.63) is 72.6 Å². The molecule has 0 aliphatic heterocycles. The van der Waals surface area contributed by atoms with Crippen LogP contribution in [0, 0.1) is 29.1 Å². The van der Waals surface area contributed by atoms with E-state index in [9.17, 15) is 4.79 Å². The predicted molar refractivity (Wildman–Crippen MR) is 135 cm³/mol. The van der Waals surface area contributed by atoms with Gasteiger partial charge in [0.25, 0.3) is 0 Å². The van der Waals surface area contributed by atoms with Crippen LogP contribution in [0.5, 0.6) is 0 Å². The van der Waals surface area contributed by atoms with Crippen molar-refractivity contribution >= 4 is 11.6 Å². The molecule has 4 nitrogen and oxygen atoms in total. The average Bonchev–Trinajstić information content (AvgIpc) is 3.38. The second kappa shape index (κ2) is 9.24. The summed E-state index contributed by atoms with van der Waals surface area (Å²) in [5.74, 6) is 3.48. The third-order valence-corrected chi connectivity index (χ3v) is 8.39. The second-order valence-electron chi connectivity index (χ2n) is 11.0. The SMILES string of the molecule is CC12CCC(/C=C/C=C/C(=O)NCc3cccn3-c3ccc(N)cc3)CC3CC(CC3C1)C2. The zero-order valence-corrected chi connectivity index (χ0v) is 19.7. The standard InChI is InChI=1S/C29H37N3O/c1-29-13-12-21(15-23-16-22(18-29)17-24(23)19-29)5-2-3-7-28(33)31-20-27-6-4-14-32(27)26-10-8-25(30)9-11-26/h2-11,14,21-24H,12-13,15-20,30H2,1H3,(H,31,33)/b5-2+,7-3+. The molecule has 1 heterocycles. The fraction of sp³-hybridized carbons (Fsp3) is 0.483. The molecule has 3 N–H and O–H groups in total. The van der Waals surface area contributed by atoms with E-state index in [1.54, 1.807) is 6.08 Å². The molecular formula is C29H37N3O. The first kappa shape index (κ1) is 22.1. The largest absolute Gasteiger partial charge is 0.399 e. The number of anilines is 1. The molecule has 3 aliphatic carbocycles. The van der Waals surface area contributed by atoms with Crippen LogP contribution in [0.2, 0.25) is 0 Å². The van der Waals surface area contributed by atoms with Crippen molar-refractivity contribution in [1.82, 2.24) is 9.88 Å². The molecule has 1 amide bonds. The average molecular weight is 444 g/mol. The number of fused-ring (bicyclic) bond motifs is 2. The first-order valence-corrected chi connectivity index (χ1v) is 12.6. The maximum atomic E-state index is 12.4. The highest BCUT2D eigenvalue weighted by atomic mass is 16.1. The van der Waals surface area contributed by atoms with Gasteiger partial charge in [-0.15, -0.1) is 0 Å². The normalized spacial score (nSPS) is 31.2. The highest BCUT2D eigenvalue weighted by Crippen LogP contribution is 2.58. The van der Waals surface area contributed by atoms with Crippen LogP contribution in [-0.2, 0) is 11.3 Å². The molecular weight excluding hydrogens is 406 g/mol. The van der Waals surface area contributed by atoms with Gasteiger partial charge in [-0.25, -0.2) is 0 Å². The Morgan fingerprint density at radius 2 is 1.94 bits per heavy atom. The molecule has 2 aromatic rings. The Kier molecular flexibility index (Phi) is 6.18. The lowest BCUT2D eigenvalue weighted by molar-refractivity contribution is -0.116. The van der Waals surface area contributed by atoms with E-state index in [1.165, 1.54) is 44.9 Å². The van der Waals surface area contributed by atoms with E-state index < -0.39 is 0 Å². The third kappa shape index (κ3) is 5.10. The van der Waals surface area contributed by atoms with Crippen LogP contribution < -0.4 is 11.1 Å². The van der Waals surface area contributed by atoms with E-state index in [0.29, 0.717) is 17.9 Å². The molecule has 5 atom stereocenters. The van der Waals surface area contributed by atoms with Crippen LogP contribution in [0.25, 0.3) is 5.69 Å². The number of benzene rings is 1. The van der Waals surface area contributed by atoms with Crippen molar-refractivity contribution in [2.45, 2.75) is 58.4 Å². The van der Waals surface area contributed by atoms with Crippen LogP contribution in [-0.4, -0.2) is 10.5 Å². The summed E-state index contributed by atoms with van der Waals surface area (Å²) in [5.41, 5.74) is 9.18. The number of nitrogens with zero attached hydrogens (tertiary/aromatic N) is 1. The van der Waals surface area contributed by atoms with Gasteiger partial charge in [-0.3, -0.25) is 4.79 Å². The Morgan fingerprint density at radius 3 is 2.79 bits per heavy atom. The minimum absolute atomic E-state index is 0.0634. The molecule has 5 unspecified atom stereocenters. The van der Waals surface area contributed by atoms with Gasteiger partial charge < -0.3 is 15.6 Å². The molecule has 5 rings (SSSR count). The van der Waals surface area contributed by atoms with Crippen molar-refractivity contribution in [2.75, 3.05) is 5.73 Å². The van der Waals surface area contributed by atoms with Gasteiger partial charge in [-0.1, -0.05) is 25.2 Å². The van der Waals surface area contributed by atoms with Crippen LogP contribution in [0.15, 0.2) is 66.9 Å². The Hall–Kier alpha value is -2.75. The smallest absolute Gasteiger partial charge is 0.244 e. The Morgan fingerprint density at radius 1 is 1.12 bits per heavy atom. The Bertz CT molecular complexity index is 1030. The van der Waals surface area contributed by atoms with Crippen LogP contribution >= 0.6 is 0 Å². The van der Waals surface area contributed by atoms with E-state index in [0.717, 1.165) is 34.8 Å². The van der Waals surface area contributed by atoms with Gasteiger partial charge in [0.15, 0.2) is 0 Å². The van der Waals surface area contributed by atoms with Gasteiger partial charge in [0.05, 0.1) is 6.54 Å². The lowest BCUT2D eigenvalue weighted by Gasteiger charge is -2.41. The number of carbonyl (C=O) groups is 1. The number of nitrogens with one attached hydrogen (secondary N) is 1. The summed E-state index contributed by atoms with van der Waals surface area (Å²) in [4.78, 5) is 12.4. The van der Waals surface area contributed by atoms with E-state index >= 15 is 0 Å². The molecule has 174 valence electrons.